The second kappa shape index (κ2) is 6.30. The summed E-state index contributed by atoms with van der Waals surface area (Å²) in [5, 5.41) is 10.9. The summed E-state index contributed by atoms with van der Waals surface area (Å²) in [7, 11) is 3.41. The molecule has 1 aromatic heterocycles. The molecule has 1 saturated heterocycles. The number of morpholine rings is 1. The van der Waals surface area contributed by atoms with Crippen molar-refractivity contribution < 1.29 is 19.0 Å². The van der Waals surface area contributed by atoms with E-state index < -0.39 is 0 Å². The quantitative estimate of drug-likeness (QED) is 0.733. The predicted molar refractivity (Wildman–Crippen MR) is 99.9 cm³/mol. The summed E-state index contributed by atoms with van der Waals surface area (Å²) in [4.78, 5) is 8.32. The van der Waals surface area contributed by atoms with Crippen molar-refractivity contribution >= 4 is 17.7 Å². The first-order valence-electron chi connectivity index (χ1n) is 9.31. The van der Waals surface area contributed by atoms with E-state index in [0.29, 0.717) is 13.2 Å². The molecule has 0 aromatic carbocycles. The molecule has 1 atom stereocenters. The third-order valence-electron chi connectivity index (χ3n) is 5.65. The second-order valence-corrected chi connectivity index (χ2v) is 6.98. The molecular formula is C20H23N4O3+. The van der Waals surface area contributed by atoms with Crippen LogP contribution >= 0.6 is 0 Å². The van der Waals surface area contributed by atoms with Crippen LogP contribution in [-0.4, -0.2) is 55.4 Å². The molecule has 3 aliphatic heterocycles. The number of methoxy groups -OCH3 is 1. The molecule has 7 heteroatoms. The Bertz CT molecular complexity index is 1000. The van der Waals surface area contributed by atoms with Gasteiger partial charge in [0.05, 0.1) is 44.1 Å². The maximum atomic E-state index is 6.06. The summed E-state index contributed by atoms with van der Waals surface area (Å²) in [6.45, 7) is 3.01. The number of hydrogen-bond acceptors (Lipinski definition) is 6. The SMILES string of the molecule is COC1=CC2=C(C=CCC2)C2=c3c(N4CCOCC4)nncc3=C[N+]12OC. The third-order valence-corrected chi connectivity index (χ3v) is 5.65. The highest BCUT2D eigenvalue weighted by atomic mass is 16.7. The van der Waals surface area contributed by atoms with Gasteiger partial charge in [0, 0.05) is 24.7 Å². The van der Waals surface area contributed by atoms with Gasteiger partial charge in [-0.1, -0.05) is 16.8 Å². The van der Waals surface area contributed by atoms with Gasteiger partial charge in [0.25, 0.3) is 0 Å². The van der Waals surface area contributed by atoms with Crippen LogP contribution in [0.25, 0.3) is 11.9 Å². The Labute approximate surface area is 157 Å². The highest BCUT2D eigenvalue weighted by Crippen LogP contribution is 2.43. The van der Waals surface area contributed by atoms with Gasteiger partial charge < -0.3 is 14.4 Å². The van der Waals surface area contributed by atoms with Gasteiger partial charge in [0.1, 0.15) is 0 Å². The van der Waals surface area contributed by atoms with Crippen molar-refractivity contribution in [1.82, 2.24) is 10.2 Å². The Morgan fingerprint density at radius 2 is 2.07 bits per heavy atom. The number of quaternary nitrogens is 1. The molecule has 1 aromatic rings. The van der Waals surface area contributed by atoms with E-state index in [-0.39, 0.29) is 4.65 Å². The average molecular weight is 367 g/mol. The van der Waals surface area contributed by atoms with Crippen LogP contribution in [0.4, 0.5) is 5.82 Å². The topological polar surface area (TPSA) is 56.7 Å². The fraction of sp³-hybridized carbons (Fsp3) is 0.400. The van der Waals surface area contributed by atoms with Crippen LogP contribution < -0.4 is 15.3 Å². The first kappa shape index (κ1) is 16.7. The minimum absolute atomic E-state index is 0.0969. The molecule has 7 nitrogen and oxygen atoms in total. The molecule has 5 rings (SSSR count). The van der Waals surface area contributed by atoms with Crippen molar-refractivity contribution in [1.29, 1.82) is 0 Å². The maximum absolute atomic E-state index is 6.06. The number of hydroxylamine groups is 3. The van der Waals surface area contributed by atoms with Crippen LogP contribution in [0.3, 0.4) is 0 Å². The minimum atomic E-state index is 0.0969. The molecule has 0 amide bonds. The normalized spacial score (nSPS) is 26.2. The molecule has 1 aliphatic carbocycles. The van der Waals surface area contributed by atoms with Gasteiger partial charge in [0.15, 0.2) is 17.7 Å². The predicted octanol–water partition coefficient (Wildman–Crippen LogP) is 0.699. The van der Waals surface area contributed by atoms with E-state index >= 15 is 0 Å². The molecule has 0 radical (unpaired) electrons. The zero-order valence-electron chi connectivity index (χ0n) is 15.6. The summed E-state index contributed by atoms with van der Waals surface area (Å²) in [6, 6.07) is 0. The number of rotatable bonds is 3. The van der Waals surface area contributed by atoms with E-state index in [0.717, 1.165) is 53.8 Å². The molecule has 0 bridgehead atoms. The van der Waals surface area contributed by atoms with Crippen LogP contribution in [0.15, 0.2) is 41.5 Å². The number of allylic oxidation sites excluding steroid dienone is 3. The first-order valence-corrected chi connectivity index (χ1v) is 9.31. The Morgan fingerprint density at radius 3 is 2.85 bits per heavy atom. The Morgan fingerprint density at radius 1 is 1.22 bits per heavy atom. The Hall–Kier alpha value is -2.48. The van der Waals surface area contributed by atoms with Crippen molar-refractivity contribution in [3.63, 3.8) is 0 Å². The van der Waals surface area contributed by atoms with Crippen molar-refractivity contribution in [3.8, 4) is 0 Å². The van der Waals surface area contributed by atoms with Gasteiger partial charge in [-0.05, 0) is 18.4 Å². The van der Waals surface area contributed by atoms with Crippen LogP contribution in [-0.2, 0) is 14.3 Å². The van der Waals surface area contributed by atoms with Crippen LogP contribution in [0, 0.1) is 0 Å². The molecule has 0 spiro atoms. The third kappa shape index (κ3) is 2.32. The lowest BCUT2D eigenvalue weighted by Gasteiger charge is -2.34. The van der Waals surface area contributed by atoms with Gasteiger partial charge in [-0.2, -0.15) is 9.94 Å². The maximum Gasteiger partial charge on any atom is 0.335 e. The van der Waals surface area contributed by atoms with Crippen molar-refractivity contribution in [2.45, 2.75) is 12.8 Å². The second-order valence-electron chi connectivity index (χ2n) is 6.98. The van der Waals surface area contributed by atoms with Crippen molar-refractivity contribution in [3.05, 3.63) is 51.9 Å². The van der Waals surface area contributed by atoms with E-state index in [1.165, 1.54) is 11.1 Å². The van der Waals surface area contributed by atoms with E-state index in [1.54, 1.807) is 14.2 Å². The average Bonchev–Trinajstić information content (AvgIpc) is 3.09. The van der Waals surface area contributed by atoms with Crippen LogP contribution in [0.5, 0.6) is 0 Å². The summed E-state index contributed by atoms with van der Waals surface area (Å²) < 4.78 is 11.4. The number of ether oxygens (including phenoxy) is 2. The van der Waals surface area contributed by atoms with Gasteiger partial charge in [-0.3, -0.25) is 0 Å². The zero-order valence-corrected chi connectivity index (χ0v) is 15.6. The molecule has 1 fully saturated rings. The van der Waals surface area contributed by atoms with Gasteiger partial charge >= 0.3 is 5.88 Å². The van der Waals surface area contributed by atoms with Gasteiger partial charge in [-0.15, -0.1) is 5.10 Å². The summed E-state index contributed by atoms with van der Waals surface area (Å²) in [5.41, 5.74) is 3.54. The van der Waals surface area contributed by atoms with E-state index in [4.69, 9.17) is 14.3 Å². The molecule has 0 N–H and O–H groups in total. The highest BCUT2D eigenvalue weighted by molar-refractivity contribution is 5.75. The van der Waals surface area contributed by atoms with Gasteiger partial charge in [0.2, 0.25) is 0 Å². The number of fused-ring (bicyclic) bond motifs is 3. The highest BCUT2D eigenvalue weighted by Gasteiger charge is 2.49. The molecule has 4 aliphatic rings. The molecule has 0 saturated carbocycles. The van der Waals surface area contributed by atoms with Crippen molar-refractivity contribution in [2.24, 2.45) is 0 Å². The van der Waals surface area contributed by atoms with Gasteiger partial charge in [-0.25, -0.2) is 0 Å². The summed E-state index contributed by atoms with van der Waals surface area (Å²) in [6.07, 6.45) is 12.4. The lowest BCUT2D eigenvalue weighted by molar-refractivity contribution is -0.962. The Kier molecular flexibility index (Phi) is 3.89. The fourth-order valence-corrected chi connectivity index (χ4v) is 4.38. The fourth-order valence-electron chi connectivity index (χ4n) is 4.38. The molecule has 140 valence electrons. The lowest BCUT2D eigenvalue weighted by Crippen LogP contribution is -2.45. The first-order chi connectivity index (χ1) is 13.3. The minimum Gasteiger partial charge on any atom is -0.452 e. The largest absolute Gasteiger partial charge is 0.452 e. The zero-order chi connectivity index (χ0) is 18.4. The molecular weight excluding hydrogens is 344 g/mol. The monoisotopic (exact) mass is 367 g/mol. The number of anilines is 1. The number of aromatic nitrogens is 2. The Balaban J connectivity index is 1.85. The van der Waals surface area contributed by atoms with E-state index in [2.05, 4.69) is 39.5 Å². The smallest absolute Gasteiger partial charge is 0.335 e. The molecule has 4 heterocycles. The van der Waals surface area contributed by atoms with Crippen molar-refractivity contribution in [2.75, 3.05) is 45.4 Å². The summed E-state index contributed by atoms with van der Waals surface area (Å²) in [5.74, 6) is 1.65. The standard InChI is InChI=1S/C20H23N4O3/c1-25-17-11-14-5-3-4-6-16(14)19-18-15(13-24(17,19)26-2)12-21-22-20(18)23-7-9-27-10-8-23/h4,6,11-13H,3,5,7-10H2,1-2H3/q+1. The number of nitrogens with zero attached hydrogens (tertiary/aromatic N) is 4. The van der Waals surface area contributed by atoms with E-state index in [1.807, 2.05) is 6.20 Å². The molecule has 27 heavy (non-hydrogen) atoms. The van der Waals surface area contributed by atoms with Crippen LogP contribution in [0.2, 0.25) is 0 Å². The lowest BCUT2D eigenvalue weighted by atomic mass is 9.91. The molecule has 1 unspecified atom stereocenters. The van der Waals surface area contributed by atoms with Crippen LogP contribution in [0.1, 0.15) is 12.8 Å². The number of hydrogen-bond donors (Lipinski definition) is 0. The van der Waals surface area contributed by atoms with E-state index in [9.17, 15) is 0 Å². The summed E-state index contributed by atoms with van der Waals surface area (Å²) >= 11 is 0.